The van der Waals surface area contributed by atoms with Gasteiger partial charge in [-0.15, -0.1) is 11.8 Å². The summed E-state index contributed by atoms with van der Waals surface area (Å²) in [6, 6.07) is -0.730. The molecule has 2 fully saturated rings. The molecule has 6 nitrogen and oxygen atoms in total. The highest BCUT2D eigenvalue weighted by Crippen LogP contribution is 2.34. The predicted molar refractivity (Wildman–Crippen MR) is 76.6 cm³/mol. The van der Waals surface area contributed by atoms with Gasteiger partial charge < -0.3 is 20.1 Å². The zero-order valence-corrected chi connectivity index (χ0v) is 12.7. The van der Waals surface area contributed by atoms with Gasteiger partial charge in [0.25, 0.3) is 0 Å². The molecule has 0 aromatic rings. The van der Waals surface area contributed by atoms with E-state index in [1.54, 1.807) is 23.7 Å². The Morgan fingerprint density at radius 1 is 1.45 bits per heavy atom. The Hall–Kier alpha value is -0.790. The zero-order chi connectivity index (χ0) is 14.7. The van der Waals surface area contributed by atoms with Gasteiger partial charge in [-0.05, 0) is 13.5 Å². The van der Waals surface area contributed by atoms with E-state index >= 15 is 0 Å². The van der Waals surface area contributed by atoms with E-state index in [0.717, 1.165) is 12.8 Å². The van der Waals surface area contributed by atoms with E-state index < -0.39 is 12.0 Å². The standard InChI is InChI=1S/C13H22N2O4S/c1-3-4-11-15(10(7-20-11)13(17)18)12(16)8-5-19-6-9(8)14-2/h8-11,14H,3-7H2,1-2H3,(H,17,18). The number of carboxylic acids is 1. The minimum absolute atomic E-state index is 0.0216. The first-order valence-electron chi connectivity index (χ1n) is 7.01. The van der Waals surface area contributed by atoms with Crippen molar-refractivity contribution in [3.63, 3.8) is 0 Å². The fourth-order valence-electron chi connectivity index (χ4n) is 2.79. The van der Waals surface area contributed by atoms with Crippen LogP contribution in [0.1, 0.15) is 19.8 Å². The Labute approximate surface area is 123 Å². The van der Waals surface area contributed by atoms with Gasteiger partial charge in [-0.2, -0.15) is 0 Å². The normalized spacial score (nSPS) is 33.6. The van der Waals surface area contributed by atoms with Crippen LogP contribution in [0.2, 0.25) is 0 Å². The summed E-state index contributed by atoms with van der Waals surface area (Å²) < 4.78 is 5.37. The van der Waals surface area contributed by atoms with Crippen LogP contribution < -0.4 is 5.32 Å². The van der Waals surface area contributed by atoms with Crippen molar-refractivity contribution in [1.82, 2.24) is 10.2 Å². The van der Waals surface area contributed by atoms with Gasteiger partial charge in [0.05, 0.1) is 24.5 Å². The number of hydrogen-bond acceptors (Lipinski definition) is 5. The van der Waals surface area contributed by atoms with Gasteiger partial charge in [0.2, 0.25) is 5.91 Å². The van der Waals surface area contributed by atoms with E-state index in [1.807, 2.05) is 6.92 Å². The van der Waals surface area contributed by atoms with Crippen molar-refractivity contribution >= 4 is 23.6 Å². The Morgan fingerprint density at radius 3 is 2.80 bits per heavy atom. The highest BCUT2D eigenvalue weighted by molar-refractivity contribution is 8.00. The summed E-state index contributed by atoms with van der Waals surface area (Å²) in [4.78, 5) is 25.7. The number of ether oxygens (including phenoxy) is 1. The number of nitrogens with one attached hydrogen (secondary N) is 1. The monoisotopic (exact) mass is 302 g/mol. The summed E-state index contributed by atoms with van der Waals surface area (Å²) in [7, 11) is 1.80. The lowest BCUT2D eigenvalue weighted by Crippen LogP contribution is -2.51. The second-order valence-electron chi connectivity index (χ2n) is 5.22. The summed E-state index contributed by atoms with van der Waals surface area (Å²) in [6.45, 7) is 2.92. The topological polar surface area (TPSA) is 78.9 Å². The number of likely N-dealkylation sites (N-methyl/N-ethyl adjacent to an activating group) is 1. The maximum atomic E-state index is 12.7. The third-order valence-electron chi connectivity index (χ3n) is 3.94. The molecule has 2 aliphatic heterocycles. The van der Waals surface area contributed by atoms with E-state index in [-0.39, 0.29) is 23.2 Å². The Kier molecular flexibility index (Phi) is 5.29. The van der Waals surface area contributed by atoms with Crippen LogP contribution in [0.15, 0.2) is 0 Å². The fraction of sp³-hybridized carbons (Fsp3) is 0.846. The quantitative estimate of drug-likeness (QED) is 0.764. The number of nitrogens with zero attached hydrogens (tertiary/aromatic N) is 1. The smallest absolute Gasteiger partial charge is 0.327 e. The molecule has 7 heteroatoms. The largest absolute Gasteiger partial charge is 0.480 e. The van der Waals surface area contributed by atoms with Crippen LogP contribution in [0.5, 0.6) is 0 Å². The van der Waals surface area contributed by atoms with Gasteiger partial charge >= 0.3 is 5.97 Å². The summed E-state index contributed by atoms with van der Waals surface area (Å²) >= 11 is 1.57. The highest BCUT2D eigenvalue weighted by Gasteiger charge is 2.46. The molecule has 4 atom stereocenters. The molecule has 2 N–H and O–H groups in total. The van der Waals surface area contributed by atoms with Crippen molar-refractivity contribution in [2.45, 2.75) is 37.2 Å². The van der Waals surface area contributed by atoms with Gasteiger partial charge in [-0.1, -0.05) is 13.3 Å². The first kappa shape index (κ1) is 15.6. The molecule has 2 rings (SSSR count). The molecular weight excluding hydrogens is 280 g/mol. The van der Waals surface area contributed by atoms with Crippen LogP contribution in [0.3, 0.4) is 0 Å². The average Bonchev–Trinajstić information content (AvgIpc) is 3.04. The first-order chi connectivity index (χ1) is 9.60. The maximum absolute atomic E-state index is 12.7. The molecule has 2 saturated heterocycles. The van der Waals surface area contributed by atoms with Crippen molar-refractivity contribution in [3.05, 3.63) is 0 Å². The van der Waals surface area contributed by atoms with Crippen molar-refractivity contribution in [2.75, 3.05) is 26.0 Å². The lowest BCUT2D eigenvalue weighted by Gasteiger charge is -2.31. The Bertz CT molecular complexity index is 379. The van der Waals surface area contributed by atoms with Crippen LogP contribution in [0, 0.1) is 5.92 Å². The number of rotatable bonds is 5. The Balaban J connectivity index is 2.16. The molecule has 0 aromatic heterocycles. The molecule has 0 aromatic carbocycles. The summed E-state index contributed by atoms with van der Waals surface area (Å²) in [5, 5.41) is 12.4. The molecule has 4 unspecified atom stereocenters. The highest BCUT2D eigenvalue weighted by atomic mass is 32.2. The van der Waals surface area contributed by atoms with Gasteiger partial charge in [0.15, 0.2) is 0 Å². The van der Waals surface area contributed by atoms with Crippen LogP contribution in [-0.2, 0) is 14.3 Å². The minimum atomic E-state index is -0.913. The van der Waals surface area contributed by atoms with Crippen LogP contribution in [-0.4, -0.2) is 65.4 Å². The lowest BCUT2D eigenvalue weighted by molar-refractivity contribution is -0.151. The van der Waals surface area contributed by atoms with E-state index in [1.165, 1.54) is 0 Å². The fourth-order valence-corrected chi connectivity index (χ4v) is 4.31. The number of carboxylic acid groups (broad SMARTS) is 1. The van der Waals surface area contributed by atoms with Crippen molar-refractivity contribution in [3.8, 4) is 0 Å². The molecule has 0 spiro atoms. The minimum Gasteiger partial charge on any atom is -0.480 e. The van der Waals surface area contributed by atoms with Crippen molar-refractivity contribution in [1.29, 1.82) is 0 Å². The van der Waals surface area contributed by atoms with E-state index in [9.17, 15) is 14.7 Å². The van der Waals surface area contributed by atoms with Crippen molar-refractivity contribution in [2.24, 2.45) is 5.92 Å². The molecule has 0 aliphatic carbocycles. The number of thioether (sulfide) groups is 1. The summed E-state index contributed by atoms with van der Waals surface area (Å²) in [5.41, 5.74) is 0. The second-order valence-corrected chi connectivity index (χ2v) is 6.43. The number of aliphatic carboxylic acids is 1. The summed E-state index contributed by atoms with van der Waals surface area (Å²) in [6.07, 6.45) is 1.77. The number of carbonyl (C=O) groups is 2. The third kappa shape index (κ3) is 2.94. The first-order valence-corrected chi connectivity index (χ1v) is 8.06. The average molecular weight is 302 g/mol. The van der Waals surface area contributed by atoms with Gasteiger partial charge in [-0.3, -0.25) is 4.79 Å². The van der Waals surface area contributed by atoms with Gasteiger partial charge in [-0.25, -0.2) is 4.79 Å². The third-order valence-corrected chi connectivity index (χ3v) is 5.29. The SMILES string of the molecule is CCCC1SCC(C(=O)O)N1C(=O)C1COCC1NC. The van der Waals surface area contributed by atoms with Gasteiger partial charge in [0, 0.05) is 11.8 Å². The molecule has 2 heterocycles. The van der Waals surface area contributed by atoms with E-state index in [0.29, 0.717) is 19.0 Å². The maximum Gasteiger partial charge on any atom is 0.327 e. The molecule has 2 aliphatic rings. The van der Waals surface area contributed by atoms with Crippen LogP contribution >= 0.6 is 11.8 Å². The van der Waals surface area contributed by atoms with Crippen LogP contribution in [0.4, 0.5) is 0 Å². The van der Waals surface area contributed by atoms with Crippen LogP contribution in [0.25, 0.3) is 0 Å². The van der Waals surface area contributed by atoms with Gasteiger partial charge in [0.1, 0.15) is 6.04 Å². The van der Waals surface area contributed by atoms with E-state index in [2.05, 4.69) is 5.32 Å². The molecular formula is C13H22N2O4S. The zero-order valence-electron chi connectivity index (χ0n) is 11.9. The summed E-state index contributed by atoms with van der Waals surface area (Å²) in [5.74, 6) is -0.800. The molecule has 1 amide bonds. The molecule has 114 valence electrons. The molecule has 0 bridgehead atoms. The lowest BCUT2D eigenvalue weighted by atomic mass is 10.0. The van der Waals surface area contributed by atoms with Crippen molar-refractivity contribution < 1.29 is 19.4 Å². The van der Waals surface area contributed by atoms with E-state index in [4.69, 9.17) is 4.74 Å². The number of hydrogen-bond donors (Lipinski definition) is 2. The second kappa shape index (κ2) is 6.78. The molecule has 0 radical (unpaired) electrons. The number of carbonyl (C=O) groups excluding carboxylic acids is 1. The number of amides is 1. The predicted octanol–water partition coefficient (Wildman–Crippen LogP) is 0.376. The Morgan fingerprint density at radius 2 is 2.20 bits per heavy atom. The molecule has 0 saturated carbocycles. The molecule has 20 heavy (non-hydrogen) atoms.